The van der Waals surface area contributed by atoms with E-state index >= 15 is 0 Å². The van der Waals surface area contributed by atoms with Crippen LogP contribution in [-0.2, 0) is 9.30 Å². The van der Waals surface area contributed by atoms with Gasteiger partial charge in [-0.25, -0.2) is 4.39 Å². The van der Waals surface area contributed by atoms with Crippen LogP contribution in [0.5, 0.6) is 11.5 Å². The number of rotatable bonds is 5. The summed E-state index contributed by atoms with van der Waals surface area (Å²) in [5.41, 5.74) is 1.19. The SMILES string of the molecule is Cc1cc(P(=O)(O)NO)cc(C)c1Oc1ccc(C2CCOCC2)c(F)c1F. The standard InChI is InChI=1S/C19H22F2NO5P/c1-11-9-14(28(24,25)22-23)10-12(2)19(11)27-16-4-3-15(17(20)18(16)21)13-5-7-26-8-6-13/h3-4,9-10,13,23H,5-8H2,1-2H3,(H2,22,24,25). The third kappa shape index (κ3) is 4.11. The Bertz CT molecular complexity index is 908. The third-order valence-electron chi connectivity index (χ3n) is 4.88. The van der Waals surface area contributed by atoms with Crippen molar-refractivity contribution in [3.05, 3.63) is 52.6 Å². The van der Waals surface area contributed by atoms with Crippen LogP contribution in [-0.4, -0.2) is 23.3 Å². The minimum atomic E-state index is -4.12. The van der Waals surface area contributed by atoms with Crippen molar-refractivity contribution >= 4 is 12.8 Å². The van der Waals surface area contributed by atoms with E-state index in [1.54, 1.807) is 13.8 Å². The largest absolute Gasteiger partial charge is 0.454 e. The van der Waals surface area contributed by atoms with Gasteiger partial charge in [0.05, 0.1) is 5.30 Å². The number of hydrogen-bond acceptors (Lipinski definition) is 4. The zero-order valence-electron chi connectivity index (χ0n) is 15.5. The molecular formula is C19H22F2NO5P. The highest BCUT2D eigenvalue weighted by atomic mass is 31.2. The molecule has 0 amide bonds. The molecule has 0 bridgehead atoms. The van der Waals surface area contributed by atoms with Crippen LogP contribution in [0.2, 0.25) is 0 Å². The highest BCUT2D eigenvalue weighted by Gasteiger charge is 2.25. The average Bonchev–Trinajstić information content (AvgIpc) is 2.68. The van der Waals surface area contributed by atoms with Crippen molar-refractivity contribution in [3.63, 3.8) is 0 Å². The number of halogens is 2. The highest BCUT2D eigenvalue weighted by Crippen LogP contribution is 2.39. The quantitative estimate of drug-likeness (QED) is 0.506. The summed E-state index contributed by atoms with van der Waals surface area (Å²) in [6, 6.07) is 5.61. The summed E-state index contributed by atoms with van der Waals surface area (Å²) < 4.78 is 52.0. The zero-order chi connectivity index (χ0) is 20.5. The maximum absolute atomic E-state index is 14.6. The molecule has 1 aliphatic heterocycles. The Morgan fingerprint density at radius 2 is 1.75 bits per heavy atom. The van der Waals surface area contributed by atoms with Crippen LogP contribution < -0.4 is 15.3 Å². The number of benzene rings is 2. The Balaban J connectivity index is 1.92. The summed E-state index contributed by atoms with van der Waals surface area (Å²) in [5, 5.41) is 10.2. The minimum absolute atomic E-state index is 0.0288. The highest BCUT2D eigenvalue weighted by molar-refractivity contribution is 7.63. The van der Waals surface area contributed by atoms with Gasteiger partial charge in [0, 0.05) is 13.2 Å². The molecule has 6 nitrogen and oxygen atoms in total. The molecule has 28 heavy (non-hydrogen) atoms. The lowest BCUT2D eigenvalue weighted by Gasteiger charge is -2.23. The first kappa shape index (κ1) is 20.9. The van der Waals surface area contributed by atoms with Gasteiger partial charge < -0.3 is 19.6 Å². The predicted molar refractivity (Wildman–Crippen MR) is 99.5 cm³/mol. The van der Waals surface area contributed by atoms with Gasteiger partial charge in [-0.05, 0) is 67.5 Å². The van der Waals surface area contributed by atoms with Crippen molar-refractivity contribution in [2.75, 3.05) is 13.2 Å². The fourth-order valence-corrected chi connectivity index (χ4v) is 4.23. The number of aryl methyl sites for hydroxylation is 2. The molecular weight excluding hydrogens is 391 g/mol. The summed E-state index contributed by atoms with van der Waals surface area (Å²) in [6.45, 7) is 4.25. The molecule has 0 spiro atoms. The van der Waals surface area contributed by atoms with Crippen molar-refractivity contribution in [2.24, 2.45) is 0 Å². The smallest absolute Gasteiger partial charge is 0.319 e. The fourth-order valence-electron chi connectivity index (χ4n) is 3.38. The molecule has 1 fully saturated rings. The van der Waals surface area contributed by atoms with Crippen molar-refractivity contribution in [1.29, 1.82) is 0 Å². The van der Waals surface area contributed by atoms with Gasteiger partial charge in [-0.1, -0.05) is 6.07 Å². The Hall–Kier alpha value is -1.83. The van der Waals surface area contributed by atoms with Gasteiger partial charge in [0.25, 0.3) is 0 Å². The molecule has 0 saturated carbocycles. The minimum Gasteiger partial charge on any atom is -0.454 e. The van der Waals surface area contributed by atoms with Crippen LogP contribution in [0.15, 0.2) is 24.3 Å². The normalized spacial score (nSPS) is 17.4. The Labute approximate surface area is 161 Å². The second kappa shape index (κ2) is 8.27. The van der Waals surface area contributed by atoms with Gasteiger partial charge in [-0.3, -0.25) is 4.57 Å². The molecule has 2 aromatic carbocycles. The van der Waals surface area contributed by atoms with Crippen molar-refractivity contribution in [1.82, 2.24) is 5.25 Å². The molecule has 1 unspecified atom stereocenters. The van der Waals surface area contributed by atoms with Gasteiger partial charge >= 0.3 is 7.52 Å². The van der Waals surface area contributed by atoms with Gasteiger partial charge in [0.15, 0.2) is 11.6 Å². The molecule has 2 aromatic rings. The average molecular weight is 413 g/mol. The lowest BCUT2D eigenvalue weighted by atomic mass is 9.91. The molecule has 0 radical (unpaired) electrons. The van der Waals surface area contributed by atoms with E-state index < -0.39 is 19.2 Å². The van der Waals surface area contributed by atoms with E-state index in [1.807, 2.05) is 0 Å². The lowest BCUT2D eigenvalue weighted by molar-refractivity contribution is 0.0844. The lowest BCUT2D eigenvalue weighted by Crippen LogP contribution is -2.17. The molecule has 3 N–H and O–H groups in total. The van der Waals surface area contributed by atoms with Gasteiger partial charge in [-0.2, -0.15) is 4.39 Å². The third-order valence-corrected chi connectivity index (χ3v) is 6.11. The van der Waals surface area contributed by atoms with Crippen LogP contribution in [0.25, 0.3) is 0 Å². The van der Waals surface area contributed by atoms with E-state index in [-0.39, 0.29) is 22.7 Å². The van der Waals surface area contributed by atoms with Crippen LogP contribution >= 0.6 is 7.52 Å². The van der Waals surface area contributed by atoms with E-state index in [0.717, 1.165) is 0 Å². The molecule has 1 atom stereocenters. The zero-order valence-corrected chi connectivity index (χ0v) is 16.4. The summed E-state index contributed by atoms with van der Waals surface area (Å²) in [7, 11) is -4.12. The molecule has 3 rings (SSSR count). The van der Waals surface area contributed by atoms with Crippen LogP contribution in [0.1, 0.15) is 35.4 Å². The summed E-state index contributed by atoms with van der Waals surface area (Å²) in [4.78, 5) is 9.69. The van der Waals surface area contributed by atoms with Crippen LogP contribution in [0, 0.1) is 25.5 Å². The van der Waals surface area contributed by atoms with Crippen molar-refractivity contribution < 1.29 is 32.9 Å². The first-order valence-corrected chi connectivity index (χ1v) is 10.5. The summed E-state index contributed by atoms with van der Waals surface area (Å²) in [6.07, 6.45) is 1.27. The maximum Gasteiger partial charge on any atom is 0.319 e. The Morgan fingerprint density at radius 1 is 1.14 bits per heavy atom. The topological polar surface area (TPSA) is 88.0 Å². The molecule has 1 aliphatic rings. The predicted octanol–water partition coefficient (Wildman–Crippen LogP) is 4.06. The van der Waals surface area contributed by atoms with E-state index in [1.165, 1.54) is 29.5 Å². The monoisotopic (exact) mass is 413 g/mol. The maximum atomic E-state index is 14.6. The number of ether oxygens (including phenoxy) is 2. The van der Waals surface area contributed by atoms with E-state index in [4.69, 9.17) is 14.7 Å². The molecule has 1 heterocycles. The summed E-state index contributed by atoms with van der Waals surface area (Å²) in [5.74, 6) is -2.11. The second-order valence-corrected chi connectivity index (χ2v) is 8.72. The van der Waals surface area contributed by atoms with E-state index in [2.05, 4.69) is 0 Å². The molecule has 1 saturated heterocycles. The Kier molecular flexibility index (Phi) is 6.17. The second-order valence-electron chi connectivity index (χ2n) is 6.85. The van der Waals surface area contributed by atoms with Crippen LogP contribution in [0.4, 0.5) is 8.78 Å². The van der Waals surface area contributed by atoms with E-state index in [9.17, 15) is 18.2 Å². The fraction of sp³-hybridized carbons (Fsp3) is 0.368. The Morgan fingerprint density at radius 3 is 2.32 bits per heavy atom. The van der Waals surface area contributed by atoms with Gasteiger partial charge in [0.1, 0.15) is 5.75 Å². The van der Waals surface area contributed by atoms with Gasteiger partial charge in [-0.15, -0.1) is 5.25 Å². The molecule has 0 aromatic heterocycles. The first-order chi connectivity index (χ1) is 13.2. The van der Waals surface area contributed by atoms with Crippen molar-refractivity contribution in [3.8, 4) is 11.5 Å². The van der Waals surface area contributed by atoms with E-state index in [0.29, 0.717) is 42.7 Å². The summed E-state index contributed by atoms with van der Waals surface area (Å²) >= 11 is 0. The first-order valence-electron chi connectivity index (χ1n) is 8.84. The number of nitrogens with one attached hydrogen (secondary N) is 1. The number of hydrogen-bond donors (Lipinski definition) is 3. The van der Waals surface area contributed by atoms with Gasteiger partial charge in [0.2, 0.25) is 5.82 Å². The molecule has 9 heteroatoms. The van der Waals surface area contributed by atoms with Crippen LogP contribution in [0.3, 0.4) is 0 Å². The molecule has 0 aliphatic carbocycles. The van der Waals surface area contributed by atoms with Crippen molar-refractivity contribution in [2.45, 2.75) is 32.6 Å². The molecule has 152 valence electrons.